The van der Waals surface area contributed by atoms with Crippen molar-refractivity contribution in [2.24, 2.45) is 0 Å². The van der Waals surface area contributed by atoms with Crippen molar-refractivity contribution in [1.29, 1.82) is 0 Å². The van der Waals surface area contributed by atoms with E-state index in [1.165, 1.54) is 122 Å². The maximum absolute atomic E-state index is 13.0. The summed E-state index contributed by atoms with van der Waals surface area (Å²) in [5, 5.41) is 14.0. The summed E-state index contributed by atoms with van der Waals surface area (Å²) in [4.78, 5) is 23.4. The van der Waals surface area contributed by atoms with Crippen LogP contribution in [0.5, 0.6) is 0 Å². The topological polar surface area (TPSA) is 105 Å². The third kappa shape index (κ3) is 60.5. The smallest absolute Gasteiger partial charge is 0.387 e. The fourth-order valence-corrected chi connectivity index (χ4v) is 9.48. The Bertz CT molecular complexity index is 1680. The minimum absolute atomic E-state index is 0.0512. The van der Waals surface area contributed by atoms with Gasteiger partial charge in [0.05, 0.1) is 39.9 Å². The first-order chi connectivity index (χ1) is 38.0. The molecule has 0 aliphatic heterocycles. The molecule has 0 aromatic heterocycles. The van der Waals surface area contributed by atoms with Gasteiger partial charge in [-0.05, 0) is 89.9 Å². The number of carbonyl (C=O) groups excluding carboxylic acids is 1. The summed E-state index contributed by atoms with van der Waals surface area (Å²) in [5.74, 6) is -0.199. The van der Waals surface area contributed by atoms with Crippen molar-refractivity contribution in [2.45, 2.75) is 270 Å². The van der Waals surface area contributed by atoms with E-state index in [2.05, 4.69) is 129 Å². The van der Waals surface area contributed by atoms with E-state index in [4.69, 9.17) is 9.05 Å². The van der Waals surface area contributed by atoms with Gasteiger partial charge in [0.1, 0.15) is 13.2 Å². The SMILES string of the molecule is CC/C=C\C/C=C\C/C=C\C/C=C\C/C=C\C/C=C\C/C=C\C/C=C\C/C=C\CCCCCCCC(=O)NC(COP(=O)(O)OCC[N+](C)(C)C)C(O)/C=C/CCCCCCCCCCCCCCCCCCCCCCC. The van der Waals surface area contributed by atoms with Gasteiger partial charge in [-0.1, -0.05) is 283 Å². The minimum atomic E-state index is -4.37. The molecule has 448 valence electrons. The molecule has 0 spiro atoms. The van der Waals surface area contributed by atoms with Crippen molar-refractivity contribution < 1.29 is 32.9 Å². The molecule has 0 fully saturated rings. The maximum Gasteiger partial charge on any atom is 0.472 e. The average molecular weight is 1110 g/mol. The highest BCUT2D eigenvalue weighted by molar-refractivity contribution is 7.47. The Kier molecular flexibility index (Phi) is 56.2. The lowest BCUT2D eigenvalue weighted by atomic mass is 10.0. The summed E-state index contributed by atoms with van der Waals surface area (Å²) in [7, 11) is 1.55. The zero-order chi connectivity index (χ0) is 57.0. The largest absolute Gasteiger partial charge is 0.472 e. The zero-order valence-electron chi connectivity index (χ0n) is 51.1. The number of aliphatic hydroxyl groups excluding tert-OH is 1. The van der Waals surface area contributed by atoms with E-state index in [-0.39, 0.29) is 19.1 Å². The molecule has 0 aromatic carbocycles. The molecule has 1 amide bonds. The lowest BCUT2D eigenvalue weighted by Gasteiger charge is -2.25. The standard InChI is InChI=1S/C69H121N2O6P/c1-6-8-10-12-14-16-18-20-22-24-26-28-30-31-32-33-34-35-36-37-38-39-41-43-45-47-49-51-53-55-57-59-61-63-69(73)70-67(66-77-78(74,75)76-65-64-71(3,4)5)68(72)62-60-58-56-54-52-50-48-46-44-42-40-29-27-25-23-21-19-17-15-13-11-9-7-2/h8,10,14,16,20,22,26,28,31-32,34-35,37-38,41,43,47,49,60,62,67-68,72H,6-7,9,11-13,15,17-19,21,23-25,27,29-30,33,36,39-40,42,44-46,48,50-59,61,63-66H2,1-5H3,(H-,70,73,74,75)/p+1/b10-8-,16-14-,22-20-,28-26-,32-31-,35-34-,38-37-,43-41-,49-47-,62-60+. The molecule has 0 saturated heterocycles. The van der Waals surface area contributed by atoms with Crippen LogP contribution in [0.3, 0.4) is 0 Å². The Labute approximate surface area is 482 Å². The Morgan fingerprint density at radius 3 is 1.13 bits per heavy atom. The number of allylic oxidation sites excluding steroid dienone is 19. The van der Waals surface area contributed by atoms with E-state index in [0.717, 1.165) is 116 Å². The van der Waals surface area contributed by atoms with Gasteiger partial charge in [-0.25, -0.2) is 4.57 Å². The van der Waals surface area contributed by atoms with Gasteiger partial charge in [-0.15, -0.1) is 0 Å². The number of rotatable bonds is 57. The normalized spacial score (nSPS) is 14.6. The van der Waals surface area contributed by atoms with Crippen molar-refractivity contribution in [3.63, 3.8) is 0 Å². The minimum Gasteiger partial charge on any atom is -0.387 e. The van der Waals surface area contributed by atoms with Crippen LogP contribution in [0.15, 0.2) is 122 Å². The van der Waals surface area contributed by atoms with Gasteiger partial charge in [-0.2, -0.15) is 0 Å². The summed E-state index contributed by atoms with van der Waals surface area (Å²) in [6.45, 7) is 4.69. The highest BCUT2D eigenvalue weighted by Crippen LogP contribution is 2.43. The fourth-order valence-electron chi connectivity index (χ4n) is 8.74. The summed E-state index contributed by atoms with van der Waals surface area (Å²) < 4.78 is 23.8. The van der Waals surface area contributed by atoms with E-state index in [0.29, 0.717) is 17.4 Å². The van der Waals surface area contributed by atoms with E-state index in [1.54, 1.807) is 6.08 Å². The first-order valence-electron chi connectivity index (χ1n) is 31.9. The Hall–Kier alpha value is -3.10. The molecule has 3 N–H and O–H groups in total. The van der Waals surface area contributed by atoms with E-state index >= 15 is 0 Å². The van der Waals surface area contributed by atoms with Gasteiger partial charge in [0.2, 0.25) is 5.91 Å². The Morgan fingerprint density at radius 2 is 0.769 bits per heavy atom. The van der Waals surface area contributed by atoms with Crippen LogP contribution in [0.2, 0.25) is 0 Å². The molecular formula is C69H122N2O6P+. The van der Waals surface area contributed by atoms with Crippen LogP contribution < -0.4 is 5.32 Å². The van der Waals surface area contributed by atoms with Crippen LogP contribution >= 0.6 is 7.82 Å². The Morgan fingerprint density at radius 1 is 0.449 bits per heavy atom. The molecule has 78 heavy (non-hydrogen) atoms. The zero-order valence-corrected chi connectivity index (χ0v) is 52.0. The van der Waals surface area contributed by atoms with E-state index in [9.17, 15) is 19.4 Å². The first-order valence-corrected chi connectivity index (χ1v) is 33.4. The summed E-state index contributed by atoms with van der Waals surface area (Å²) in [6, 6.07) is -0.868. The second-order valence-electron chi connectivity index (χ2n) is 22.4. The molecule has 0 rings (SSSR count). The van der Waals surface area contributed by atoms with Crippen molar-refractivity contribution >= 4 is 13.7 Å². The molecule has 0 aliphatic carbocycles. The number of unbranched alkanes of at least 4 members (excludes halogenated alkanes) is 26. The third-order valence-corrected chi connectivity index (χ3v) is 14.7. The van der Waals surface area contributed by atoms with Gasteiger partial charge in [0, 0.05) is 6.42 Å². The van der Waals surface area contributed by atoms with Crippen LogP contribution in [-0.4, -0.2) is 73.4 Å². The van der Waals surface area contributed by atoms with Crippen LogP contribution in [0.4, 0.5) is 0 Å². The number of phosphoric ester groups is 1. The van der Waals surface area contributed by atoms with Crippen LogP contribution in [0.1, 0.15) is 258 Å². The Balaban J connectivity index is 4.25. The fraction of sp³-hybridized carbons (Fsp3) is 0.696. The van der Waals surface area contributed by atoms with Gasteiger partial charge < -0.3 is 19.8 Å². The number of carbonyl (C=O) groups is 1. The highest BCUT2D eigenvalue weighted by atomic mass is 31.2. The summed E-state index contributed by atoms with van der Waals surface area (Å²) in [6.07, 6.45) is 87.4. The molecule has 9 heteroatoms. The predicted molar refractivity (Wildman–Crippen MR) is 341 cm³/mol. The van der Waals surface area contributed by atoms with Gasteiger partial charge in [-0.3, -0.25) is 13.8 Å². The number of nitrogens with one attached hydrogen (secondary N) is 1. The van der Waals surface area contributed by atoms with E-state index in [1.807, 2.05) is 27.2 Å². The third-order valence-electron chi connectivity index (χ3n) is 13.7. The molecule has 3 atom stereocenters. The predicted octanol–water partition coefficient (Wildman–Crippen LogP) is 20.1. The summed E-state index contributed by atoms with van der Waals surface area (Å²) in [5.41, 5.74) is 0. The number of likely N-dealkylation sites (N-methyl/N-ethyl adjacent to an activating group) is 1. The van der Waals surface area contributed by atoms with Crippen LogP contribution in [0.25, 0.3) is 0 Å². The number of hydrogen-bond donors (Lipinski definition) is 3. The van der Waals surface area contributed by atoms with E-state index < -0.39 is 20.0 Å². The first kappa shape index (κ1) is 74.9. The summed E-state index contributed by atoms with van der Waals surface area (Å²) >= 11 is 0. The van der Waals surface area contributed by atoms with Crippen molar-refractivity contribution in [3.8, 4) is 0 Å². The maximum atomic E-state index is 13.0. The number of quaternary nitrogens is 1. The molecule has 0 saturated carbocycles. The number of hydrogen-bond acceptors (Lipinski definition) is 5. The molecule has 0 aromatic rings. The molecule has 0 heterocycles. The average Bonchev–Trinajstić information content (AvgIpc) is 3.41. The second-order valence-corrected chi connectivity index (χ2v) is 23.9. The molecule has 0 aliphatic rings. The molecule has 3 unspecified atom stereocenters. The monoisotopic (exact) mass is 1110 g/mol. The van der Waals surface area contributed by atoms with Gasteiger partial charge in [0.15, 0.2) is 0 Å². The molecular weight excluding hydrogens is 984 g/mol. The van der Waals surface area contributed by atoms with Crippen molar-refractivity contribution in [2.75, 3.05) is 40.9 Å². The number of nitrogens with zero attached hydrogens (tertiary/aromatic N) is 1. The molecule has 8 nitrogen and oxygen atoms in total. The molecule has 0 radical (unpaired) electrons. The quantitative estimate of drug-likeness (QED) is 0.0243. The lowest BCUT2D eigenvalue weighted by Crippen LogP contribution is -2.45. The highest BCUT2D eigenvalue weighted by Gasteiger charge is 2.27. The number of aliphatic hydroxyl groups is 1. The number of phosphoric acid groups is 1. The van der Waals surface area contributed by atoms with Crippen LogP contribution in [-0.2, 0) is 18.4 Å². The van der Waals surface area contributed by atoms with Gasteiger partial charge in [0.25, 0.3) is 0 Å². The second kappa shape index (κ2) is 58.6. The lowest BCUT2D eigenvalue weighted by molar-refractivity contribution is -0.870. The molecule has 0 bridgehead atoms. The van der Waals surface area contributed by atoms with Crippen molar-refractivity contribution in [1.82, 2.24) is 5.32 Å². The van der Waals surface area contributed by atoms with Crippen LogP contribution in [0, 0.1) is 0 Å². The van der Waals surface area contributed by atoms with Gasteiger partial charge >= 0.3 is 7.82 Å². The van der Waals surface area contributed by atoms with Crippen molar-refractivity contribution in [3.05, 3.63) is 122 Å². The number of amides is 1.